The molecule has 1 aliphatic carbocycles. The van der Waals surface area contributed by atoms with Crippen LogP contribution in [0, 0.1) is 0 Å². The van der Waals surface area contributed by atoms with Gasteiger partial charge in [0.1, 0.15) is 0 Å². The van der Waals surface area contributed by atoms with Crippen molar-refractivity contribution < 1.29 is 5.11 Å². The number of aliphatic hydroxyl groups is 1. The van der Waals surface area contributed by atoms with Crippen molar-refractivity contribution in [2.24, 2.45) is 0 Å². The number of hydrogen-bond acceptors (Lipinski definition) is 3. The van der Waals surface area contributed by atoms with Crippen molar-refractivity contribution in [1.29, 1.82) is 0 Å². The van der Waals surface area contributed by atoms with Crippen molar-refractivity contribution in [3.05, 3.63) is 0 Å². The predicted molar refractivity (Wildman–Crippen MR) is 66.5 cm³/mol. The summed E-state index contributed by atoms with van der Waals surface area (Å²) in [5.74, 6) is 0. The van der Waals surface area contributed by atoms with Crippen LogP contribution in [-0.2, 0) is 0 Å². The molecule has 0 radical (unpaired) electrons. The summed E-state index contributed by atoms with van der Waals surface area (Å²) < 4.78 is 0. The van der Waals surface area contributed by atoms with Crippen LogP contribution in [0.2, 0.25) is 0 Å². The first-order valence-corrected chi connectivity index (χ1v) is 7.01. The van der Waals surface area contributed by atoms with E-state index in [-0.39, 0.29) is 6.10 Å². The third kappa shape index (κ3) is 3.72. The van der Waals surface area contributed by atoms with Crippen LogP contribution in [-0.4, -0.2) is 36.4 Å². The minimum atomic E-state index is -0.119. The lowest BCUT2D eigenvalue weighted by Crippen LogP contribution is -2.47. The molecule has 1 saturated carbocycles. The van der Waals surface area contributed by atoms with Gasteiger partial charge in [0.2, 0.25) is 0 Å². The van der Waals surface area contributed by atoms with Gasteiger partial charge in [0.15, 0.2) is 0 Å². The monoisotopic (exact) mass is 226 g/mol. The maximum atomic E-state index is 10.00. The Morgan fingerprint density at radius 1 is 1.00 bits per heavy atom. The van der Waals surface area contributed by atoms with Crippen LogP contribution >= 0.6 is 0 Å². The second kappa shape index (κ2) is 6.58. The summed E-state index contributed by atoms with van der Waals surface area (Å²) in [6.07, 6.45) is 9.73. The first-order chi connectivity index (χ1) is 7.86. The standard InChI is InChI=1S/C13H26N2O/c16-13-8-3-1-2-7-12(13)15-10-11-6-4-5-9-14-11/h11-16H,1-10H2. The van der Waals surface area contributed by atoms with Crippen LogP contribution in [0.3, 0.4) is 0 Å². The van der Waals surface area contributed by atoms with Gasteiger partial charge in [0.05, 0.1) is 6.10 Å². The van der Waals surface area contributed by atoms with Crippen molar-refractivity contribution in [2.75, 3.05) is 13.1 Å². The van der Waals surface area contributed by atoms with E-state index in [1.807, 2.05) is 0 Å². The summed E-state index contributed by atoms with van der Waals surface area (Å²) in [6, 6.07) is 0.968. The highest BCUT2D eigenvalue weighted by Gasteiger charge is 2.22. The summed E-state index contributed by atoms with van der Waals surface area (Å²) in [7, 11) is 0. The maximum Gasteiger partial charge on any atom is 0.0693 e. The Labute approximate surface area is 99.0 Å². The Kier molecular flexibility index (Phi) is 5.07. The molecule has 0 aromatic rings. The Hall–Kier alpha value is -0.120. The van der Waals surface area contributed by atoms with E-state index in [1.54, 1.807) is 0 Å². The zero-order chi connectivity index (χ0) is 11.2. The van der Waals surface area contributed by atoms with Gasteiger partial charge in [-0.3, -0.25) is 0 Å². The molecule has 2 rings (SSSR count). The molecule has 2 aliphatic rings. The fourth-order valence-electron chi connectivity index (χ4n) is 2.92. The van der Waals surface area contributed by atoms with Gasteiger partial charge in [-0.1, -0.05) is 25.7 Å². The predicted octanol–water partition coefficient (Wildman–Crippen LogP) is 1.41. The molecule has 3 heteroatoms. The molecule has 3 N–H and O–H groups in total. The highest BCUT2D eigenvalue weighted by atomic mass is 16.3. The average Bonchev–Trinajstić information content (AvgIpc) is 2.53. The summed E-state index contributed by atoms with van der Waals surface area (Å²) >= 11 is 0. The van der Waals surface area contributed by atoms with Gasteiger partial charge >= 0.3 is 0 Å². The first-order valence-electron chi connectivity index (χ1n) is 7.01. The summed E-state index contributed by atoms with van der Waals surface area (Å²) in [5, 5.41) is 17.1. The quantitative estimate of drug-likeness (QED) is 0.638. The first kappa shape index (κ1) is 12.3. The van der Waals surface area contributed by atoms with Gasteiger partial charge in [0, 0.05) is 18.6 Å². The van der Waals surface area contributed by atoms with Gasteiger partial charge in [-0.2, -0.15) is 0 Å². The Balaban J connectivity index is 1.70. The molecular weight excluding hydrogens is 200 g/mol. The van der Waals surface area contributed by atoms with Crippen LogP contribution in [0.25, 0.3) is 0 Å². The summed E-state index contributed by atoms with van der Waals surface area (Å²) in [4.78, 5) is 0. The number of hydrogen-bond donors (Lipinski definition) is 3. The number of aliphatic hydroxyl groups excluding tert-OH is 1. The van der Waals surface area contributed by atoms with Crippen LogP contribution in [0.5, 0.6) is 0 Å². The zero-order valence-electron chi connectivity index (χ0n) is 10.3. The average molecular weight is 226 g/mol. The van der Waals surface area contributed by atoms with E-state index < -0.39 is 0 Å². The fourth-order valence-corrected chi connectivity index (χ4v) is 2.92. The van der Waals surface area contributed by atoms with Crippen molar-refractivity contribution in [3.8, 4) is 0 Å². The fraction of sp³-hybridized carbons (Fsp3) is 1.00. The van der Waals surface area contributed by atoms with Crippen molar-refractivity contribution >= 4 is 0 Å². The largest absolute Gasteiger partial charge is 0.392 e. The smallest absolute Gasteiger partial charge is 0.0693 e. The molecule has 0 aromatic heterocycles. The molecule has 94 valence electrons. The third-order valence-corrected chi connectivity index (χ3v) is 4.02. The van der Waals surface area contributed by atoms with E-state index in [4.69, 9.17) is 0 Å². The van der Waals surface area contributed by atoms with Gasteiger partial charge < -0.3 is 15.7 Å². The van der Waals surface area contributed by atoms with Gasteiger partial charge in [-0.05, 0) is 32.2 Å². The second-order valence-corrected chi connectivity index (χ2v) is 5.37. The lowest BCUT2D eigenvalue weighted by atomic mass is 10.0. The van der Waals surface area contributed by atoms with Gasteiger partial charge in [0.25, 0.3) is 0 Å². The normalized spacial score (nSPS) is 36.9. The van der Waals surface area contributed by atoms with E-state index in [1.165, 1.54) is 45.1 Å². The highest BCUT2D eigenvalue weighted by Crippen LogP contribution is 2.18. The number of rotatable bonds is 3. The molecule has 0 amide bonds. The molecule has 1 saturated heterocycles. The van der Waals surface area contributed by atoms with Gasteiger partial charge in [-0.25, -0.2) is 0 Å². The Bertz CT molecular complexity index is 192. The molecular formula is C13H26N2O. The van der Waals surface area contributed by atoms with Crippen molar-refractivity contribution in [2.45, 2.75) is 69.6 Å². The van der Waals surface area contributed by atoms with Crippen LogP contribution < -0.4 is 10.6 Å². The topological polar surface area (TPSA) is 44.3 Å². The van der Waals surface area contributed by atoms with E-state index in [9.17, 15) is 5.11 Å². The second-order valence-electron chi connectivity index (χ2n) is 5.37. The molecule has 3 atom stereocenters. The zero-order valence-corrected chi connectivity index (χ0v) is 10.3. The molecule has 3 unspecified atom stereocenters. The highest BCUT2D eigenvalue weighted by molar-refractivity contribution is 4.82. The van der Waals surface area contributed by atoms with Crippen LogP contribution in [0.4, 0.5) is 0 Å². The molecule has 0 bridgehead atoms. The Morgan fingerprint density at radius 3 is 2.62 bits per heavy atom. The summed E-state index contributed by atoms with van der Waals surface area (Å²) in [5.41, 5.74) is 0. The molecule has 0 spiro atoms. The SMILES string of the molecule is OC1CCCCCC1NCC1CCCCN1. The lowest BCUT2D eigenvalue weighted by Gasteiger charge is -2.28. The molecule has 2 fully saturated rings. The van der Waals surface area contributed by atoms with E-state index in [0.29, 0.717) is 12.1 Å². The van der Waals surface area contributed by atoms with Crippen molar-refractivity contribution in [3.63, 3.8) is 0 Å². The van der Waals surface area contributed by atoms with E-state index in [2.05, 4.69) is 10.6 Å². The third-order valence-electron chi connectivity index (χ3n) is 4.02. The van der Waals surface area contributed by atoms with Gasteiger partial charge in [-0.15, -0.1) is 0 Å². The van der Waals surface area contributed by atoms with E-state index >= 15 is 0 Å². The summed E-state index contributed by atoms with van der Waals surface area (Å²) in [6.45, 7) is 2.20. The maximum absolute atomic E-state index is 10.00. The lowest BCUT2D eigenvalue weighted by molar-refractivity contribution is 0.118. The molecule has 1 aliphatic heterocycles. The van der Waals surface area contributed by atoms with Crippen LogP contribution in [0.1, 0.15) is 51.4 Å². The number of nitrogens with one attached hydrogen (secondary N) is 2. The van der Waals surface area contributed by atoms with E-state index in [0.717, 1.165) is 19.4 Å². The van der Waals surface area contributed by atoms with Crippen LogP contribution in [0.15, 0.2) is 0 Å². The number of piperidine rings is 1. The molecule has 16 heavy (non-hydrogen) atoms. The molecule has 1 heterocycles. The Morgan fingerprint density at radius 2 is 1.81 bits per heavy atom. The minimum absolute atomic E-state index is 0.119. The molecule has 0 aromatic carbocycles. The van der Waals surface area contributed by atoms with Crippen molar-refractivity contribution in [1.82, 2.24) is 10.6 Å². The molecule has 3 nitrogen and oxygen atoms in total. The minimum Gasteiger partial charge on any atom is -0.392 e.